The fourth-order valence-electron chi connectivity index (χ4n) is 5.37. The van der Waals surface area contributed by atoms with Gasteiger partial charge in [-0.05, 0) is 27.8 Å². The molecule has 0 aliphatic carbocycles. The summed E-state index contributed by atoms with van der Waals surface area (Å²) in [6, 6.07) is 23.0. The molecule has 2 aromatic rings. The van der Waals surface area contributed by atoms with Crippen LogP contribution < -0.4 is 0 Å². The van der Waals surface area contributed by atoms with Crippen molar-refractivity contribution in [3.63, 3.8) is 0 Å². The van der Waals surface area contributed by atoms with Crippen molar-refractivity contribution >= 4 is 8.32 Å². The highest BCUT2D eigenvalue weighted by Crippen LogP contribution is 2.47. The Morgan fingerprint density at radius 3 is 1.76 bits per heavy atom. The van der Waals surface area contributed by atoms with Crippen LogP contribution in [0, 0.1) is 16.7 Å². The Morgan fingerprint density at radius 2 is 1.30 bits per heavy atom. The second-order valence-electron chi connectivity index (χ2n) is 10.8. The van der Waals surface area contributed by atoms with Crippen LogP contribution >= 0.6 is 0 Å². The number of ether oxygens (including phenoxy) is 1. The molecule has 0 radical (unpaired) electrons. The summed E-state index contributed by atoms with van der Waals surface area (Å²) in [5, 5.41) is 10.4. The molecule has 33 heavy (non-hydrogen) atoms. The number of nitriles is 1. The summed E-state index contributed by atoms with van der Waals surface area (Å²) in [7, 11) is -2.22. The van der Waals surface area contributed by atoms with E-state index in [1.54, 1.807) is 0 Å². The Labute approximate surface area is 203 Å². The lowest BCUT2D eigenvalue weighted by Gasteiger charge is -2.49. The van der Waals surface area contributed by atoms with Crippen molar-refractivity contribution in [2.45, 2.75) is 90.6 Å². The van der Waals surface area contributed by atoms with E-state index >= 15 is 0 Å². The average Bonchev–Trinajstić information content (AvgIpc) is 2.77. The van der Waals surface area contributed by atoms with Crippen LogP contribution in [0.25, 0.3) is 0 Å². The highest BCUT2D eigenvalue weighted by molar-refractivity contribution is 6.77. The predicted octanol–water partition coefficient (Wildman–Crippen LogP) is 8.10. The number of hydrogen-bond donors (Lipinski definition) is 0. The fraction of sp³-hybridized carbons (Fsp3) is 0.552. The molecule has 0 aliphatic heterocycles. The molecule has 0 aliphatic rings. The second kappa shape index (κ2) is 12.0. The summed E-state index contributed by atoms with van der Waals surface area (Å²) in [4.78, 5) is 0. The van der Waals surface area contributed by atoms with E-state index in [0.717, 1.165) is 11.1 Å². The SMILES string of the molecule is CC(C)[Si](OC(C(C#N)c1ccccc1)C(C)(C)COCc1ccccc1)(C(C)C)C(C)C. The average molecular weight is 466 g/mol. The van der Waals surface area contributed by atoms with Gasteiger partial charge in [0.05, 0.1) is 31.3 Å². The van der Waals surface area contributed by atoms with Gasteiger partial charge in [-0.1, -0.05) is 116 Å². The zero-order valence-electron chi connectivity index (χ0n) is 21.8. The molecule has 4 heteroatoms. The first-order chi connectivity index (χ1) is 15.6. The number of rotatable bonds is 12. The van der Waals surface area contributed by atoms with Crippen molar-refractivity contribution in [3.05, 3.63) is 71.8 Å². The minimum atomic E-state index is -2.22. The molecular weight excluding hydrogens is 422 g/mol. The van der Waals surface area contributed by atoms with Gasteiger partial charge in [0.1, 0.15) is 0 Å². The molecule has 0 aromatic heterocycles. The topological polar surface area (TPSA) is 42.2 Å². The molecule has 0 N–H and O–H groups in total. The van der Waals surface area contributed by atoms with Crippen LogP contribution in [0.1, 0.15) is 72.4 Å². The van der Waals surface area contributed by atoms with Crippen molar-refractivity contribution in [1.82, 2.24) is 0 Å². The van der Waals surface area contributed by atoms with Gasteiger partial charge >= 0.3 is 0 Å². The summed E-state index contributed by atoms with van der Waals surface area (Å²) in [6.07, 6.45) is -0.264. The van der Waals surface area contributed by atoms with E-state index in [-0.39, 0.29) is 17.4 Å². The largest absolute Gasteiger partial charge is 0.411 e. The van der Waals surface area contributed by atoms with Gasteiger partial charge in [-0.3, -0.25) is 0 Å². The third-order valence-corrected chi connectivity index (χ3v) is 13.1. The molecule has 2 aromatic carbocycles. The third-order valence-electron chi connectivity index (χ3n) is 6.99. The van der Waals surface area contributed by atoms with Crippen molar-refractivity contribution in [2.24, 2.45) is 5.41 Å². The third kappa shape index (κ3) is 6.56. The van der Waals surface area contributed by atoms with Gasteiger partial charge in [0.2, 0.25) is 8.32 Å². The lowest BCUT2D eigenvalue weighted by molar-refractivity contribution is -0.0292. The van der Waals surface area contributed by atoms with Gasteiger partial charge in [0.15, 0.2) is 0 Å². The van der Waals surface area contributed by atoms with E-state index in [9.17, 15) is 5.26 Å². The van der Waals surface area contributed by atoms with Crippen molar-refractivity contribution < 1.29 is 9.16 Å². The zero-order valence-corrected chi connectivity index (χ0v) is 22.8. The fourth-order valence-corrected chi connectivity index (χ4v) is 11.1. The first-order valence-corrected chi connectivity index (χ1v) is 14.4. The molecule has 0 heterocycles. The van der Waals surface area contributed by atoms with Gasteiger partial charge in [-0.15, -0.1) is 0 Å². The maximum absolute atomic E-state index is 10.4. The van der Waals surface area contributed by atoms with Crippen molar-refractivity contribution in [2.75, 3.05) is 6.61 Å². The maximum atomic E-state index is 10.4. The van der Waals surface area contributed by atoms with E-state index in [1.807, 2.05) is 36.4 Å². The minimum absolute atomic E-state index is 0.264. The normalized spacial score (nSPS) is 14.5. The molecule has 3 nitrogen and oxygen atoms in total. The zero-order chi connectivity index (χ0) is 24.6. The van der Waals surface area contributed by atoms with Crippen LogP contribution in [0.4, 0.5) is 0 Å². The molecule has 0 saturated carbocycles. The highest BCUT2D eigenvalue weighted by Gasteiger charge is 2.51. The predicted molar refractivity (Wildman–Crippen MR) is 141 cm³/mol. The molecule has 0 spiro atoms. The lowest BCUT2D eigenvalue weighted by Crippen LogP contribution is -2.55. The number of benzene rings is 2. The van der Waals surface area contributed by atoms with E-state index < -0.39 is 8.32 Å². The van der Waals surface area contributed by atoms with E-state index in [0.29, 0.717) is 29.8 Å². The first-order valence-electron chi connectivity index (χ1n) is 12.3. The highest BCUT2D eigenvalue weighted by atomic mass is 28.4. The first kappa shape index (κ1) is 27.3. The van der Waals surface area contributed by atoms with Crippen LogP contribution in [0.2, 0.25) is 16.6 Å². The Kier molecular flexibility index (Phi) is 9.91. The standard InChI is InChI=1S/C29H43NO2Si/c1-22(2)33(23(3)4,24(5)6)32-28(27(19-30)26-17-13-10-14-18-26)29(7,8)21-31-20-25-15-11-9-12-16-25/h9-18,22-24,27-28H,20-21H2,1-8H3. The Bertz CT molecular complexity index is 850. The molecule has 2 unspecified atom stereocenters. The Balaban J connectivity index is 2.43. The van der Waals surface area contributed by atoms with Crippen LogP contribution in [0.3, 0.4) is 0 Å². The molecule has 2 rings (SSSR count). The van der Waals surface area contributed by atoms with Gasteiger partial charge in [-0.2, -0.15) is 5.26 Å². The lowest BCUT2D eigenvalue weighted by atomic mass is 9.78. The molecule has 2 atom stereocenters. The van der Waals surface area contributed by atoms with Crippen molar-refractivity contribution in [3.8, 4) is 6.07 Å². The van der Waals surface area contributed by atoms with E-state index in [1.165, 1.54) is 0 Å². The van der Waals surface area contributed by atoms with Gasteiger partial charge in [0.25, 0.3) is 0 Å². The molecule has 0 amide bonds. The molecule has 180 valence electrons. The second-order valence-corrected chi connectivity index (χ2v) is 16.2. The molecular formula is C29H43NO2Si. The van der Waals surface area contributed by atoms with Crippen molar-refractivity contribution in [1.29, 1.82) is 5.26 Å². The molecule has 0 bridgehead atoms. The van der Waals surface area contributed by atoms with Gasteiger partial charge < -0.3 is 9.16 Å². The summed E-state index contributed by atoms with van der Waals surface area (Å²) in [6.45, 7) is 19.2. The number of hydrogen-bond acceptors (Lipinski definition) is 3. The van der Waals surface area contributed by atoms with Crippen LogP contribution in [0.5, 0.6) is 0 Å². The van der Waals surface area contributed by atoms with Gasteiger partial charge in [0, 0.05) is 5.41 Å². The Morgan fingerprint density at radius 1 is 0.818 bits per heavy atom. The van der Waals surface area contributed by atoms with E-state index in [4.69, 9.17) is 9.16 Å². The summed E-state index contributed by atoms with van der Waals surface area (Å²) >= 11 is 0. The quantitative estimate of drug-likeness (QED) is 0.297. The summed E-state index contributed by atoms with van der Waals surface area (Å²) in [5.41, 5.74) is 3.15. The van der Waals surface area contributed by atoms with E-state index in [2.05, 4.69) is 85.7 Å². The molecule has 0 saturated heterocycles. The monoisotopic (exact) mass is 465 g/mol. The van der Waals surface area contributed by atoms with Crippen LogP contribution in [0.15, 0.2) is 60.7 Å². The summed E-state index contributed by atoms with van der Waals surface area (Å²) in [5.74, 6) is -0.357. The van der Waals surface area contributed by atoms with Crippen LogP contribution in [-0.4, -0.2) is 21.0 Å². The maximum Gasteiger partial charge on any atom is 0.200 e. The Hall–Kier alpha value is -1.93. The number of nitrogens with zero attached hydrogens (tertiary/aromatic N) is 1. The minimum Gasteiger partial charge on any atom is -0.411 e. The smallest absolute Gasteiger partial charge is 0.200 e. The molecule has 0 fully saturated rings. The summed E-state index contributed by atoms with van der Waals surface area (Å²) < 4.78 is 13.6. The van der Waals surface area contributed by atoms with Crippen LogP contribution in [-0.2, 0) is 15.8 Å². The van der Waals surface area contributed by atoms with Gasteiger partial charge in [-0.25, -0.2) is 0 Å².